The maximum atomic E-state index is 5.29. The highest BCUT2D eigenvalue weighted by Gasteiger charge is 2.20. The molecule has 2 heterocycles. The quantitative estimate of drug-likeness (QED) is 0.857. The largest absolute Gasteiger partial charge is 0.497 e. The van der Waals surface area contributed by atoms with Gasteiger partial charge in [0.15, 0.2) is 0 Å². The van der Waals surface area contributed by atoms with Crippen LogP contribution in [0.25, 0.3) is 10.9 Å². The average molecular weight is 302 g/mol. The number of hydrogen-bond donors (Lipinski definition) is 0. The van der Waals surface area contributed by atoms with E-state index in [0.717, 1.165) is 30.3 Å². The molecule has 0 radical (unpaired) electrons. The first-order valence-corrected chi connectivity index (χ1v) is 8.88. The molecular formula is C17H22N2OS. The normalized spacial score (nSPS) is 16.4. The Morgan fingerprint density at radius 2 is 2.10 bits per heavy atom. The Balaban J connectivity index is 1.84. The summed E-state index contributed by atoms with van der Waals surface area (Å²) >= 11 is 1.97. The minimum atomic E-state index is 0.867. The van der Waals surface area contributed by atoms with Crippen LogP contribution in [0.15, 0.2) is 30.5 Å². The summed E-state index contributed by atoms with van der Waals surface area (Å²) in [7, 11) is 1.70. The fourth-order valence-corrected chi connectivity index (χ4v) is 3.90. The van der Waals surface area contributed by atoms with Crippen LogP contribution < -0.4 is 9.64 Å². The molecule has 0 N–H and O–H groups in total. The summed E-state index contributed by atoms with van der Waals surface area (Å²) in [5.41, 5.74) is 2.32. The maximum absolute atomic E-state index is 5.29. The topological polar surface area (TPSA) is 25.4 Å². The predicted octanol–water partition coefficient (Wildman–Crippen LogP) is 3.82. The summed E-state index contributed by atoms with van der Waals surface area (Å²) in [6, 6.07) is 8.31. The molecule has 0 spiro atoms. The molecule has 0 unspecified atom stereocenters. The van der Waals surface area contributed by atoms with Gasteiger partial charge in [-0.2, -0.15) is 11.8 Å². The van der Waals surface area contributed by atoms with E-state index in [9.17, 15) is 0 Å². The first kappa shape index (κ1) is 14.5. The highest BCUT2D eigenvalue weighted by molar-refractivity contribution is 7.98. The van der Waals surface area contributed by atoms with Crippen molar-refractivity contribution in [1.82, 2.24) is 4.98 Å². The fraction of sp³-hybridized carbons (Fsp3) is 0.471. The molecule has 3 rings (SSSR count). The molecule has 3 nitrogen and oxygen atoms in total. The van der Waals surface area contributed by atoms with Gasteiger partial charge in [0.1, 0.15) is 5.75 Å². The lowest BCUT2D eigenvalue weighted by Crippen LogP contribution is -2.34. The van der Waals surface area contributed by atoms with E-state index in [1.165, 1.54) is 29.7 Å². The van der Waals surface area contributed by atoms with Gasteiger partial charge >= 0.3 is 0 Å². The molecular weight excluding hydrogens is 280 g/mol. The van der Waals surface area contributed by atoms with E-state index in [-0.39, 0.29) is 0 Å². The van der Waals surface area contributed by atoms with Crippen molar-refractivity contribution in [3.63, 3.8) is 0 Å². The number of anilines is 1. The van der Waals surface area contributed by atoms with Gasteiger partial charge in [0, 0.05) is 36.4 Å². The Kier molecular flexibility index (Phi) is 4.54. The zero-order valence-electron chi connectivity index (χ0n) is 12.7. The molecule has 0 saturated carbocycles. The Morgan fingerprint density at radius 1 is 1.29 bits per heavy atom. The lowest BCUT2D eigenvalue weighted by molar-refractivity contribution is 0.415. The Morgan fingerprint density at radius 3 is 2.81 bits per heavy atom. The van der Waals surface area contributed by atoms with Crippen LogP contribution in [0.5, 0.6) is 5.75 Å². The third-order valence-electron chi connectivity index (χ3n) is 4.28. The highest BCUT2D eigenvalue weighted by Crippen LogP contribution is 2.31. The molecule has 0 bridgehead atoms. The van der Waals surface area contributed by atoms with Crippen LogP contribution in [0.3, 0.4) is 0 Å². The second kappa shape index (κ2) is 6.56. The molecule has 1 aliphatic rings. The first-order valence-electron chi connectivity index (χ1n) is 7.48. The summed E-state index contributed by atoms with van der Waals surface area (Å²) in [5.74, 6) is 3.04. The van der Waals surface area contributed by atoms with E-state index in [1.54, 1.807) is 7.11 Å². The number of aromatic nitrogens is 1. The first-order chi connectivity index (χ1) is 10.3. The van der Waals surface area contributed by atoms with Crippen molar-refractivity contribution in [2.75, 3.05) is 37.1 Å². The van der Waals surface area contributed by atoms with Gasteiger partial charge in [-0.1, -0.05) is 0 Å². The Labute approximate surface area is 130 Å². The van der Waals surface area contributed by atoms with E-state index in [0.29, 0.717) is 0 Å². The van der Waals surface area contributed by atoms with Crippen molar-refractivity contribution >= 4 is 28.4 Å². The van der Waals surface area contributed by atoms with Crippen LogP contribution in [-0.4, -0.2) is 37.2 Å². The van der Waals surface area contributed by atoms with Crippen molar-refractivity contribution in [3.05, 3.63) is 30.5 Å². The molecule has 0 aliphatic carbocycles. The number of rotatable bonds is 4. The molecule has 112 valence electrons. The number of hydrogen-bond acceptors (Lipinski definition) is 4. The van der Waals surface area contributed by atoms with Gasteiger partial charge < -0.3 is 9.64 Å². The van der Waals surface area contributed by atoms with Gasteiger partial charge in [0.2, 0.25) is 0 Å². The number of pyridine rings is 1. The van der Waals surface area contributed by atoms with Crippen molar-refractivity contribution in [1.29, 1.82) is 0 Å². The van der Waals surface area contributed by atoms with Gasteiger partial charge in [-0.05, 0) is 49.0 Å². The molecule has 4 heteroatoms. The van der Waals surface area contributed by atoms with Gasteiger partial charge in [-0.25, -0.2) is 0 Å². The van der Waals surface area contributed by atoms with Gasteiger partial charge in [-0.15, -0.1) is 0 Å². The monoisotopic (exact) mass is 302 g/mol. The van der Waals surface area contributed by atoms with Gasteiger partial charge in [0.25, 0.3) is 0 Å². The molecule has 1 aliphatic heterocycles. The van der Waals surface area contributed by atoms with Crippen LogP contribution in [0.1, 0.15) is 12.8 Å². The number of ether oxygens (including phenoxy) is 1. The average Bonchev–Trinajstić information content (AvgIpc) is 2.55. The highest BCUT2D eigenvalue weighted by atomic mass is 32.2. The third kappa shape index (κ3) is 3.10. The number of fused-ring (bicyclic) bond motifs is 1. The SMILES string of the molecule is COc1ccc2c(N3CCC(CSC)CC3)ccnc2c1. The summed E-state index contributed by atoms with van der Waals surface area (Å²) in [5, 5.41) is 1.22. The summed E-state index contributed by atoms with van der Waals surface area (Å²) in [6.45, 7) is 2.30. The molecule has 0 amide bonds. The standard InChI is InChI=1S/C17H22N2OS/c1-20-14-3-4-15-16(11-14)18-8-5-17(15)19-9-6-13(7-10-19)12-21-2/h3-5,8,11,13H,6-7,9-10,12H2,1-2H3. The van der Waals surface area contributed by atoms with Crippen LogP contribution in [0.2, 0.25) is 0 Å². The number of thioether (sulfide) groups is 1. The summed E-state index contributed by atoms with van der Waals surface area (Å²) < 4.78 is 5.29. The predicted molar refractivity (Wildman–Crippen MR) is 91.6 cm³/mol. The second-order valence-electron chi connectivity index (χ2n) is 5.60. The van der Waals surface area contributed by atoms with Crippen molar-refractivity contribution in [3.8, 4) is 5.75 Å². The fourth-order valence-electron chi connectivity index (χ4n) is 3.09. The number of piperidine rings is 1. The summed E-state index contributed by atoms with van der Waals surface area (Å²) in [4.78, 5) is 6.99. The van der Waals surface area contributed by atoms with E-state index < -0.39 is 0 Å². The Hall–Kier alpha value is -1.42. The van der Waals surface area contributed by atoms with E-state index in [4.69, 9.17) is 4.74 Å². The van der Waals surface area contributed by atoms with Crippen LogP contribution >= 0.6 is 11.8 Å². The lowest BCUT2D eigenvalue weighted by Gasteiger charge is -2.34. The van der Waals surface area contributed by atoms with Crippen LogP contribution in [0, 0.1) is 5.92 Å². The van der Waals surface area contributed by atoms with Crippen molar-refractivity contribution in [2.45, 2.75) is 12.8 Å². The number of nitrogens with zero attached hydrogens (tertiary/aromatic N) is 2. The Bertz CT molecular complexity index is 609. The van der Waals surface area contributed by atoms with E-state index in [1.807, 2.05) is 30.1 Å². The smallest absolute Gasteiger partial charge is 0.121 e. The molecule has 1 saturated heterocycles. The van der Waals surface area contributed by atoms with Crippen molar-refractivity contribution < 1.29 is 4.74 Å². The zero-order chi connectivity index (χ0) is 14.7. The van der Waals surface area contributed by atoms with E-state index in [2.05, 4.69) is 28.3 Å². The third-order valence-corrected chi connectivity index (χ3v) is 5.09. The van der Waals surface area contributed by atoms with Crippen molar-refractivity contribution in [2.24, 2.45) is 5.92 Å². The zero-order valence-corrected chi connectivity index (χ0v) is 13.5. The minimum absolute atomic E-state index is 0.867. The molecule has 1 aromatic carbocycles. The van der Waals surface area contributed by atoms with Gasteiger partial charge in [-0.3, -0.25) is 4.98 Å². The molecule has 1 fully saturated rings. The molecule has 21 heavy (non-hydrogen) atoms. The maximum Gasteiger partial charge on any atom is 0.121 e. The molecule has 2 aromatic rings. The number of benzene rings is 1. The van der Waals surface area contributed by atoms with E-state index >= 15 is 0 Å². The van der Waals surface area contributed by atoms with Crippen LogP contribution in [0.4, 0.5) is 5.69 Å². The number of methoxy groups -OCH3 is 1. The molecule has 0 atom stereocenters. The second-order valence-corrected chi connectivity index (χ2v) is 6.51. The minimum Gasteiger partial charge on any atom is -0.497 e. The molecule has 1 aromatic heterocycles. The van der Waals surface area contributed by atoms with Crippen LogP contribution in [-0.2, 0) is 0 Å². The van der Waals surface area contributed by atoms with Gasteiger partial charge in [0.05, 0.1) is 12.6 Å². The summed E-state index contributed by atoms with van der Waals surface area (Å²) in [6.07, 6.45) is 6.70. The lowest BCUT2D eigenvalue weighted by atomic mass is 9.98.